The molecule has 1 aromatic heterocycles. The van der Waals surface area contributed by atoms with Crippen LogP contribution < -0.4 is 5.84 Å². The predicted octanol–water partition coefficient (Wildman–Crippen LogP) is 11.4. The van der Waals surface area contributed by atoms with Gasteiger partial charge in [-0.1, -0.05) is 170 Å². The van der Waals surface area contributed by atoms with E-state index in [-0.39, 0.29) is 0 Å². The summed E-state index contributed by atoms with van der Waals surface area (Å²) in [5, 5.41) is 4.62. The van der Waals surface area contributed by atoms with Crippen molar-refractivity contribution in [2.24, 2.45) is 5.84 Å². The molecular weight excluding hydrogens is 643 g/mol. The number of hydrogen-bond donors (Lipinski definition) is 1. The monoisotopic (exact) mass is 685 g/mol. The molecule has 2 aliphatic rings. The summed E-state index contributed by atoms with van der Waals surface area (Å²) >= 11 is 0. The summed E-state index contributed by atoms with van der Waals surface area (Å²) < 4.78 is 2.50. The molecule has 53 heavy (non-hydrogen) atoms. The van der Waals surface area contributed by atoms with Crippen molar-refractivity contribution in [3.8, 4) is 5.69 Å². The van der Waals surface area contributed by atoms with Crippen LogP contribution in [-0.2, 0) is 17.4 Å². The van der Waals surface area contributed by atoms with E-state index in [4.69, 9.17) is 5.84 Å². The minimum atomic E-state index is -0.692. The SMILES string of the molecule is C=C/C=C\C=C/C/C(=C/Cc1ccccc1)N(N)C1(C)c2ccccc2C2(c3ccccc3-n3c4ccccc4c4cccc2c43)c2cccc(C)c21. The van der Waals surface area contributed by atoms with E-state index in [0.29, 0.717) is 6.42 Å². The van der Waals surface area contributed by atoms with Gasteiger partial charge in [0.1, 0.15) is 5.54 Å². The highest BCUT2D eigenvalue weighted by atomic mass is 15.4. The van der Waals surface area contributed by atoms with Gasteiger partial charge in [-0.3, -0.25) is 0 Å². The van der Waals surface area contributed by atoms with Crippen LogP contribution >= 0.6 is 0 Å². The molecule has 9 rings (SSSR count). The standard InChI is InChI=1S/C50H43N3/c1-4-5-6-7-11-23-37(34-33-36-21-9-8-10-22-36)53(51)49(3)40-26-13-14-27-41(40)50(43-29-18-20-35(2)47(43)49)42-28-15-17-32-46(42)52-45-31-16-12-24-38(45)39-25-19-30-44(50)48(39)52/h4-22,24-32,34H,1,23,33,51H2,2-3H3/b6-5-,11-7-,37-34-. The maximum absolute atomic E-state index is 7.64. The van der Waals surface area contributed by atoms with E-state index in [1.54, 1.807) is 6.08 Å². The molecular formula is C50H43N3. The van der Waals surface area contributed by atoms with Crippen LogP contribution in [0.15, 0.2) is 188 Å². The Balaban J connectivity index is 1.34. The smallest absolute Gasteiger partial charge is 0.104 e. The van der Waals surface area contributed by atoms with E-state index in [1.807, 2.05) is 12.2 Å². The van der Waals surface area contributed by atoms with E-state index in [1.165, 1.54) is 72.0 Å². The highest BCUT2D eigenvalue weighted by molar-refractivity contribution is 6.12. The number of aromatic nitrogens is 1. The van der Waals surface area contributed by atoms with Crippen LogP contribution in [0.5, 0.6) is 0 Å². The molecule has 0 fully saturated rings. The molecule has 0 saturated heterocycles. The first-order valence-corrected chi connectivity index (χ1v) is 18.6. The van der Waals surface area contributed by atoms with Gasteiger partial charge in [0.2, 0.25) is 0 Å². The van der Waals surface area contributed by atoms with Gasteiger partial charge in [-0.05, 0) is 76.9 Å². The van der Waals surface area contributed by atoms with E-state index in [9.17, 15) is 0 Å². The fraction of sp³-hybridized carbons (Fsp3) is 0.120. The summed E-state index contributed by atoms with van der Waals surface area (Å²) in [7, 11) is 0. The Morgan fingerprint density at radius 1 is 0.679 bits per heavy atom. The van der Waals surface area contributed by atoms with Crippen molar-refractivity contribution in [3.63, 3.8) is 0 Å². The van der Waals surface area contributed by atoms with E-state index in [0.717, 1.165) is 12.1 Å². The summed E-state index contributed by atoms with van der Waals surface area (Å²) in [4.78, 5) is 0. The van der Waals surface area contributed by atoms with Gasteiger partial charge in [0.05, 0.1) is 22.1 Å². The second-order valence-electron chi connectivity index (χ2n) is 14.4. The lowest BCUT2D eigenvalue weighted by Gasteiger charge is -2.54. The third-order valence-corrected chi connectivity index (χ3v) is 11.7. The molecule has 2 heterocycles. The Morgan fingerprint density at radius 3 is 2.17 bits per heavy atom. The molecule has 1 aliphatic carbocycles. The Hall–Kier alpha value is -6.16. The first kappa shape index (κ1) is 32.7. The van der Waals surface area contributed by atoms with Crippen molar-refractivity contribution in [2.45, 2.75) is 37.6 Å². The number of aryl methyl sites for hydroxylation is 1. The molecule has 7 aromatic rings. The number of fused-ring (bicyclic) bond motifs is 11. The predicted molar refractivity (Wildman–Crippen MR) is 221 cm³/mol. The molecule has 6 aromatic carbocycles. The quantitative estimate of drug-likeness (QED) is 0.0981. The summed E-state index contributed by atoms with van der Waals surface area (Å²) in [5.41, 5.74) is 13.5. The van der Waals surface area contributed by atoms with E-state index < -0.39 is 11.0 Å². The molecule has 1 spiro atoms. The maximum Gasteiger partial charge on any atom is 0.104 e. The topological polar surface area (TPSA) is 34.2 Å². The van der Waals surface area contributed by atoms with Crippen LogP contribution in [-0.4, -0.2) is 9.58 Å². The number of nitrogens with two attached hydrogens (primary N) is 1. The normalized spacial score (nSPS) is 18.8. The van der Waals surface area contributed by atoms with Gasteiger partial charge < -0.3 is 9.58 Å². The largest absolute Gasteiger partial charge is 0.309 e. The van der Waals surface area contributed by atoms with Gasteiger partial charge >= 0.3 is 0 Å². The number of para-hydroxylation sites is 3. The van der Waals surface area contributed by atoms with Crippen molar-refractivity contribution < 1.29 is 0 Å². The molecule has 2 unspecified atom stereocenters. The number of hydrazine groups is 1. The number of benzene rings is 6. The molecule has 0 radical (unpaired) electrons. The summed E-state index contributed by atoms with van der Waals surface area (Å²) in [6.07, 6.45) is 13.8. The molecule has 0 amide bonds. The molecule has 2 atom stereocenters. The van der Waals surface area contributed by atoms with Gasteiger partial charge in [0.25, 0.3) is 0 Å². The second-order valence-corrected chi connectivity index (χ2v) is 14.4. The van der Waals surface area contributed by atoms with Crippen molar-refractivity contribution in [3.05, 3.63) is 233 Å². The lowest BCUT2D eigenvalue weighted by molar-refractivity contribution is 0.178. The Kier molecular flexibility index (Phi) is 7.91. The van der Waals surface area contributed by atoms with Crippen LogP contribution in [0.1, 0.15) is 57.9 Å². The highest BCUT2D eigenvalue weighted by Crippen LogP contribution is 2.61. The third-order valence-electron chi connectivity index (χ3n) is 11.7. The van der Waals surface area contributed by atoms with Crippen LogP contribution in [0.25, 0.3) is 27.5 Å². The van der Waals surface area contributed by atoms with Crippen molar-refractivity contribution in [2.75, 3.05) is 0 Å². The lowest BCUT2D eigenvalue weighted by Crippen LogP contribution is -2.55. The zero-order chi connectivity index (χ0) is 36.2. The Labute approximate surface area is 312 Å². The van der Waals surface area contributed by atoms with Gasteiger partial charge in [-0.15, -0.1) is 0 Å². The minimum absolute atomic E-state index is 0.581. The Morgan fingerprint density at radius 2 is 1.34 bits per heavy atom. The fourth-order valence-electron chi connectivity index (χ4n) is 9.50. The van der Waals surface area contributed by atoms with Crippen molar-refractivity contribution in [1.82, 2.24) is 9.58 Å². The molecule has 0 saturated carbocycles. The van der Waals surface area contributed by atoms with Gasteiger partial charge in [0.15, 0.2) is 0 Å². The maximum atomic E-state index is 7.64. The van der Waals surface area contributed by atoms with Gasteiger partial charge in [0, 0.05) is 22.9 Å². The van der Waals surface area contributed by atoms with Crippen molar-refractivity contribution >= 4 is 21.8 Å². The molecule has 0 bridgehead atoms. The summed E-state index contributed by atoms with van der Waals surface area (Å²) in [6.45, 7) is 8.41. The van der Waals surface area contributed by atoms with Crippen LogP contribution in [0.4, 0.5) is 0 Å². The zero-order valence-corrected chi connectivity index (χ0v) is 30.3. The average Bonchev–Trinajstić information content (AvgIpc) is 3.54. The zero-order valence-electron chi connectivity index (χ0n) is 30.3. The lowest BCUT2D eigenvalue weighted by atomic mass is 9.54. The number of rotatable bonds is 8. The minimum Gasteiger partial charge on any atom is -0.309 e. The molecule has 2 N–H and O–H groups in total. The number of hydrogen-bond acceptors (Lipinski definition) is 2. The van der Waals surface area contributed by atoms with Gasteiger partial charge in [-0.2, -0.15) is 0 Å². The third kappa shape index (κ3) is 4.70. The Bertz CT molecular complexity index is 2640. The van der Waals surface area contributed by atoms with Crippen molar-refractivity contribution in [1.29, 1.82) is 0 Å². The summed E-state index contributed by atoms with van der Waals surface area (Å²) in [5.74, 6) is 7.64. The highest BCUT2D eigenvalue weighted by Gasteiger charge is 2.55. The first-order chi connectivity index (χ1) is 26.0. The molecule has 3 heteroatoms. The molecule has 1 aliphatic heterocycles. The van der Waals surface area contributed by atoms with E-state index >= 15 is 0 Å². The fourth-order valence-corrected chi connectivity index (χ4v) is 9.50. The molecule has 3 nitrogen and oxygen atoms in total. The van der Waals surface area contributed by atoms with Gasteiger partial charge in [-0.25, -0.2) is 5.84 Å². The number of nitrogens with zero attached hydrogens (tertiary/aromatic N) is 2. The first-order valence-electron chi connectivity index (χ1n) is 18.6. The summed E-state index contributed by atoms with van der Waals surface area (Å²) in [6, 6.07) is 51.3. The van der Waals surface area contributed by atoms with E-state index in [2.05, 4.69) is 188 Å². The van der Waals surface area contributed by atoms with Crippen LogP contribution in [0.2, 0.25) is 0 Å². The average molecular weight is 686 g/mol. The molecule has 258 valence electrons. The number of allylic oxidation sites excluding steroid dienone is 6. The van der Waals surface area contributed by atoms with Crippen LogP contribution in [0.3, 0.4) is 0 Å². The second kappa shape index (κ2) is 12.8. The van der Waals surface area contributed by atoms with Crippen LogP contribution in [0, 0.1) is 6.92 Å².